The van der Waals surface area contributed by atoms with E-state index in [2.05, 4.69) is 236 Å². The van der Waals surface area contributed by atoms with Crippen LogP contribution in [0, 0.1) is 18.8 Å². The summed E-state index contributed by atoms with van der Waals surface area (Å²) < 4.78 is 9.12. The van der Waals surface area contributed by atoms with Gasteiger partial charge in [-0.25, -0.2) is 4.98 Å². The number of para-hydroxylation sites is 2. The summed E-state index contributed by atoms with van der Waals surface area (Å²) in [5, 5.41) is 9.04. The third-order valence-electron chi connectivity index (χ3n) is 13.7. The van der Waals surface area contributed by atoms with Gasteiger partial charge in [0.05, 0.1) is 0 Å². The number of fused-ring (bicyclic) bond motifs is 11. The second-order valence-corrected chi connectivity index (χ2v) is 18.8. The molecule has 0 aliphatic carbocycles. The van der Waals surface area contributed by atoms with Gasteiger partial charge < -0.3 is 18.9 Å². The Morgan fingerprint density at radius 2 is 1.03 bits per heavy atom. The van der Waals surface area contributed by atoms with Gasteiger partial charge in [-0.1, -0.05) is 178 Å². The molecule has 0 radical (unpaired) electrons. The van der Waals surface area contributed by atoms with Crippen molar-refractivity contribution in [1.82, 2.24) is 9.38 Å². The van der Waals surface area contributed by atoms with E-state index in [0.717, 1.165) is 88.6 Å². The number of hydrogen-bond acceptors (Lipinski definition) is 4. The van der Waals surface area contributed by atoms with Gasteiger partial charge in [0, 0.05) is 83.2 Å². The van der Waals surface area contributed by atoms with Gasteiger partial charge in [0.25, 0.3) is 0 Å². The van der Waals surface area contributed by atoms with Gasteiger partial charge in [-0.3, -0.25) is 0 Å². The van der Waals surface area contributed by atoms with Crippen molar-refractivity contribution in [3.05, 3.63) is 237 Å². The van der Waals surface area contributed by atoms with E-state index in [1.807, 2.05) is 30.5 Å². The van der Waals surface area contributed by atoms with E-state index in [9.17, 15) is 0 Å². The average Bonchev–Trinajstić information content (AvgIpc) is 3.95. The Morgan fingerprint density at radius 3 is 1.70 bits per heavy atom. The van der Waals surface area contributed by atoms with Gasteiger partial charge in [0.2, 0.25) is 0 Å². The molecular weight excluding hydrogens is 1040 g/mol. The summed E-state index contributed by atoms with van der Waals surface area (Å²) in [6.07, 6.45) is 1.88. The predicted molar refractivity (Wildman–Crippen MR) is 287 cm³/mol. The van der Waals surface area contributed by atoms with E-state index >= 15 is 0 Å². The molecule has 0 N–H and O–H groups in total. The average molecular weight is 1080 g/mol. The molecule has 340 valence electrons. The van der Waals surface area contributed by atoms with Gasteiger partial charge in [-0.2, -0.15) is 12.1 Å². The van der Waals surface area contributed by atoms with Gasteiger partial charge in [0.15, 0.2) is 0 Å². The normalized spacial score (nSPS) is 12.6. The molecule has 6 heteroatoms. The molecular formula is C64H45N4OPt-3. The monoisotopic (exact) mass is 1080 g/mol. The van der Waals surface area contributed by atoms with E-state index < -0.39 is 0 Å². The van der Waals surface area contributed by atoms with Crippen LogP contribution in [0.1, 0.15) is 26.3 Å². The number of hydrogen-bond donors (Lipinski definition) is 0. The first-order valence-electron chi connectivity index (χ1n) is 23.5. The Kier molecular flexibility index (Phi) is 10.6. The van der Waals surface area contributed by atoms with Crippen molar-refractivity contribution in [3.8, 4) is 33.8 Å². The van der Waals surface area contributed by atoms with Crippen LogP contribution in [0.2, 0.25) is 0 Å². The summed E-state index contributed by atoms with van der Waals surface area (Å²) >= 11 is 0. The molecule has 4 heterocycles. The molecule has 3 aromatic heterocycles. The molecule has 1 aliphatic heterocycles. The van der Waals surface area contributed by atoms with Crippen molar-refractivity contribution in [2.75, 3.05) is 9.80 Å². The summed E-state index contributed by atoms with van der Waals surface area (Å²) in [6.45, 7) is 9.03. The standard InChI is InChI=1S/C64H45N4O.Pt/c1-64(2,3)44-33-36-58-60(38-44)67(61-48(42-18-6-4-7-19-42)28-15-29-49(61)43-20-8-5-9-21-43)41-66(58)45-22-14-23-46(39-45)69-47-34-35-54-56-31-16-30-55-52-26-12-10-24-50(52)51-25-11-13-27-53(51)57-32-17-37-65-63(57)68(62(55)56)59(54)40-47;/h4-38,41H,1-3H3;/q-3;. The summed E-state index contributed by atoms with van der Waals surface area (Å²) in [6, 6.07) is 80.7. The van der Waals surface area contributed by atoms with E-state index in [1.54, 1.807) is 0 Å². The Bertz CT molecular complexity index is 3970. The fourth-order valence-electron chi connectivity index (χ4n) is 10.4. The van der Waals surface area contributed by atoms with Crippen LogP contribution < -0.4 is 14.5 Å². The Hall–Kier alpha value is -7.98. The van der Waals surface area contributed by atoms with E-state index in [4.69, 9.17) is 9.72 Å². The number of rotatable bonds is 6. The molecule has 1 aliphatic rings. The minimum atomic E-state index is -0.0661. The molecule has 0 saturated carbocycles. The zero-order valence-corrected chi connectivity index (χ0v) is 41.1. The fourth-order valence-corrected chi connectivity index (χ4v) is 10.4. The molecule has 5 nitrogen and oxygen atoms in total. The summed E-state index contributed by atoms with van der Waals surface area (Å²) in [5.74, 6) is 1.17. The molecule has 0 spiro atoms. The second kappa shape index (κ2) is 17.2. The molecule has 0 unspecified atom stereocenters. The van der Waals surface area contributed by atoms with E-state index in [0.29, 0.717) is 11.5 Å². The number of anilines is 4. The molecule has 9 aromatic carbocycles. The van der Waals surface area contributed by atoms with Crippen LogP contribution in [0.25, 0.3) is 82.0 Å². The molecule has 0 amide bonds. The number of aromatic nitrogens is 2. The number of benzene rings is 9. The Balaban J connectivity index is 0.00000505. The number of nitrogens with zero attached hydrogens (tertiary/aromatic N) is 4. The van der Waals surface area contributed by atoms with Crippen molar-refractivity contribution in [1.29, 1.82) is 0 Å². The third kappa shape index (κ3) is 7.15. The first-order valence-corrected chi connectivity index (χ1v) is 23.5. The van der Waals surface area contributed by atoms with Crippen LogP contribution in [0.4, 0.5) is 22.7 Å². The molecule has 13 rings (SSSR count). The maximum absolute atomic E-state index is 6.83. The summed E-state index contributed by atoms with van der Waals surface area (Å²) in [7, 11) is 0. The first-order chi connectivity index (χ1) is 33.9. The van der Waals surface area contributed by atoms with Crippen molar-refractivity contribution < 1.29 is 25.8 Å². The van der Waals surface area contributed by atoms with Crippen LogP contribution in [0.5, 0.6) is 11.5 Å². The minimum Gasteiger partial charge on any atom is -0.509 e. The predicted octanol–water partition coefficient (Wildman–Crippen LogP) is 17.1. The van der Waals surface area contributed by atoms with Crippen molar-refractivity contribution in [2.45, 2.75) is 26.2 Å². The van der Waals surface area contributed by atoms with Crippen LogP contribution >= 0.6 is 0 Å². The first kappa shape index (κ1) is 43.3. The largest absolute Gasteiger partial charge is 0.509 e. The van der Waals surface area contributed by atoms with Crippen LogP contribution in [-0.2, 0) is 26.5 Å². The molecule has 0 atom stereocenters. The molecule has 0 bridgehead atoms. The smallest absolute Gasteiger partial charge is 0.143 e. The fraction of sp³-hybridized carbons (Fsp3) is 0.0625. The van der Waals surface area contributed by atoms with Gasteiger partial charge in [-0.15, -0.1) is 48.1 Å². The maximum atomic E-state index is 6.83. The SMILES string of the molecule is CC(C)(C)c1ccc2c(c1)N(c1c(-c3ccccc3)cccc1-c1ccccc1)[CH-]N2c1[c-]c(Oc2[c-]c3c(cc2)c2cccc4c5ccccc5c5ccccc5c5cccnc5n3c42)ccc1.[Pt]. The summed E-state index contributed by atoms with van der Waals surface area (Å²) in [5.41, 5.74) is 12.7. The second-order valence-electron chi connectivity index (χ2n) is 18.8. The topological polar surface area (TPSA) is 33.0 Å². The Morgan fingerprint density at radius 1 is 0.471 bits per heavy atom. The van der Waals surface area contributed by atoms with Crippen molar-refractivity contribution >= 4 is 82.5 Å². The van der Waals surface area contributed by atoms with Crippen molar-refractivity contribution in [2.24, 2.45) is 0 Å². The zero-order valence-electron chi connectivity index (χ0n) is 38.8. The van der Waals surface area contributed by atoms with E-state index in [-0.39, 0.29) is 26.5 Å². The molecule has 12 aromatic rings. The number of ether oxygens (including phenoxy) is 1. The summed E-state index contributed by atoms with van der Waals surface area (Å²) in [4.78, 5) is 9.73. The number of pyridine rings is 1. The van der Waals surface area contributed by atoms with Crippen LogP contribution in [-0.4, -0.2) is 9.38 Å². The molecule has 70 heavy (non-hydrogen) atoms. The maximum Gasteiger partial charge on any atom is 0.143 e. The zero-order chi connectivity index (χ0) is 46.2. The van der Waals surface area contributed by atoms with Gasteiger partial charge in [-0.05, 0) is 73.3 Å². The third-order valence-corrected chi connectivity index (χ3v) is 13.7. The molecule has 0 saturated heterocycles. The van der Waals surface area contributed by atoms with Crippen molar-refractivity contribution in [3.63, 3.8) is 0 Å². The molecule has 0 fully saturated rings. The van der Waals surface area contributed by atoms with Crippen LogP contribution in [0.3, 0.4) is 0 Å². The van der Waals surface area contributed by atoms with Gasteiger partial charge >= 0.3 is 0 Å². The minimum absolute atomic E-state index is 0. The van der Waals surface area contributed by atoms with Crippen LogP contribution in [0.15, 0.2) is 212 Å². The Labute approximate surface area is 421 Å². The quantitative estimate of drug-likeness (QED) is 0.155. The van der Waals surface area contributed by atoms with E-state index in [1.165, 1.54) is 21.7 Å². The van der Waals surface area contributed by atoms with Gasteiger partial charge in [0.1, 0.15) is 5.65 Å².